The van der Waals surface area contributed by atoms with Gasteiger partial charge in [-0.2, -0.15) is 5.10 Å². The standard InChI is InChI=1S/C19H12N6O4S/c1-9-10(4-5-12(22-9)29-13-3-2-7-21-24-13)25-11-6-8-20-17-14(11)15(23-19(25)28)16(30-17)18(26)27/h2-8H,1H3,(H,23,28)(H,26,27). The van der Waals surface area contributed by atoms with Crippen LogP contribution in [-0.2, 0) is 0 Å². The van der Waals surface area contributed by atoms with E-state index in [1.165, 1.54) is 11.1 Å². The number of nitrogens with one attached hydrogen (secondary N) is 1. The van der Waals surface area contributed by atoms with Crippen LogP contribution in [0.15, 0.2) is 42.7 Å². The van der Waals surface area contributed by atoms with Crippen LogP contribution in [0, 0.1) is 6.92 Å². The van der Waals surface area contributed by atoms with Gasteiger partial charge in [0.1, 0.15) is 9.71 Å². The minimum atomic E-state index is -1.11. The van der Waals surface area contributed by atoms with Crippen molar-refractivity contribution in [3.05, 3.63) is 53.3 Å². The number of rotatable bonds is 4. The smallest absolute Gasteiger partial charge is 0.348 e. The molecule has 30 heavy (non-hydrogen) atoms. The summed E-state index contributed by atoms with van der Waals surface area (Å²) < 4.78 is 5.59. The first kappa shape index (κ1) is 17.9. The molecule has 4 aromatic rings. The van der Waals surface area contributed by atoms with Crippen LogP contribution in [0.2, 0.25) is 0 Å². The number of carboxylic acid groups (broad SMARTS) is 1. The van der Waals surface area contributed by atoms with Gasteiger partial charge >= 0.3 is 12.0 Å². The van der Waals surface area contributed by atoms with Gasteiger partial charge in [-0.3, -0.25) is 4.90 Å². The zero-order valence-corrected chi connectivity index (χ0v) is 16.2. The average molecular weight is 420 g/mol. The van der Waals surface area contributed by atoms with E-state index in [1.807, 2.05) is 0 Å². The largest absolute Gasteiger partial charge is 0.477 e. The zero-order valence-electron chi connectivity index (χ0n) is 15.4. The maximum Gasteiger partial charge on any atom is 0.348 e. The van der Waals surface area contributed by atoms with Crippen molar-refractivity contribution >= 4 is 50.6 Å². The van der Waals surface area contributed by atoms with Crippen molar-refractivity contribution in [3.63, 3.8) is 0 Å². The Bertz CT molecular complexity index is 1320. The summed E-state index contributed by atoms with van der Waals surface area (Å²) >= 11 is 1.02. The van der Waals surface area contributed by atoms with Crippen molar-refractivity contribution in [2.45, 2.75) is 6.92 Å². The first-order valence-corrected chi connectivity index (χ1v) is 9.53. The van der Waals surface area contributed by atoms with Gasteiger partial charge in [-0.15, -0.1) is 16.4 Å². The van der Waals surface area contributed by atoms with Crippen molar-refractivity contribution in [1.29, 1.82) is 0 Å². The lowest BCUT2D eigenvalue weighted by Crippen LogP contribution is -2.34. The first-order valence-electron chi connectivity index (χ1n) is 8.72. The number of thiophene rings is 1. The number of aromatic nitrogens is 4. The van der Waals surface area contributed by atoms with Gasteiger partial charge < -0.3 is 15.2 Å². The van der Waals surface area contributed by atoms with Crippen LogP contribution in [0.5, 0.6) is 11.8 Å². The Hall–Kier alpha value is -4.12. The van der Waals surface area contributed by atoms with E-state index in [4.69, 9.17) is 4.74 Å². The van der Waals surface area contributed by atoms with Crippen LogP contribution in [0.25, 0.3) is 10.2 Å². The maximum absolute atomic E-state index is 12.9. The van der Waals surface area contributed by atoms with E-state index in [0.717, 1.165) is 11.3 Å². The van der Waals surface area contributed by atoms with E-state index >= 15 is 0 Å². The van der Waals surface area contributed by atoms with Crippen LogP contribution in [0.1, 0.15) is 15.4 Å². The number of anilines is 3. The van der Waals surface area contributed by atoms with Crippen molar-refractivity contribution in [2.24, 2.45) is 0 Å². The Balaban J connectivity index is 1.59. The average Bonchev–Trinajstić information content (AvgIpc) is 3.10. The molecule has 10 nitrogen and oxygen atoms in total. The molecule has 0 unspecified atom stereocenters. The Morgan fingerprint density at radius 3 is 2.77 bits per heavy atom. The molecule has 0 aromatic carbocycles. The lowest BCUT2D eigenvalue weighted by atomic mass is 10.1. The van der Waals surface area contributed by atoms with Gasteiger partial charge in [-0.1, -0.05) is 0 Å². The molecule has 2 N–H and O–H groups in total. The molecule has 4 aromatic heterocycles. The minimum absolute atomic E-state index is 0.0421. The number of carbonyl (C=O) groups is 2. The predicted octanol–water partition coefficient (Wildman–Crippen LogP) is 3.96. The van der Waals surface area contributed by atoms with Crippen molar-refractivity contribution in [2.75, 3.05) is 10.2 Å². The second-order valence-electron chi connectivity index (χ2n) is 6.31. The number of urea groups is 1. The molecule has 1 aliphatic rings. The number of amides is 2. The van der Waals surface area contributed by atoms with Crippen molar-refractivity contribution < 1.29 is 19.4 Å². The topological polar surface area (TPSA) is 130 Å². The molecular weight excluding hydrogens is 408 g/mol. The van der Waals surface area contributed by atoms with Gasteiger partial charge in [-0.05, 0) is 25.1 Å². The van der Waals surface area contributed by atoms with E-state index in [-0.39, 0.29) is 10.6 Å². The highest BCUT2D eigenvalue weighted by Gasteiger charge is 2.33. The Kier molecular flexibility index (Phi) is 4.03. The number of carbonyl (C=O) groups excluding carboxylic acids is 1. The molecule has 11 heteroatoms. The summed E-state index contributed by atoms with van der Waals surface area (Å²) in [6.07, 6.45) is 3.08. The number of carboxylic acids is 1. The summed E-state index contributed by atoms with van der Waals surface area (Å²) in [5, 5.41) is 20.3. The van der Waals surface area contributed by atoms with Gasteiger partial charge in [0.15, 0.2) is 0 Å². The molecule has 0 bridgehead atoms. The number of aryl methyl sites for hydroxylation is 1. The van der Waals surface area contributed by atoms with Crippen LogP contribution >= 0.6 is 11.3 Å². The SMILES string of the molecule is Cc1nc(Oc2cccnn2)ccc1N1C(=O)Nc2c(C(=O)O)sc3nccc1c23. The highest BCUT2D eigenvalue weighted by molar-refractivity contribution is 7.21. The Morgan fingerprint density at radius 1 is 1.17 bits per heavy atom. The lowest BCUT2D eigenvalue weighted by Gasteiger charge is -2.29. The normalized spacial score (nSPS) is 12.7. The van der Waals surface area contributed by atoms with Gasteiger partial charge in [0.2, 0.25) is 11.8 Å². The molecule has 0 fully saturated rings. The van der Waals surface area contributed by atoms with E-state index < -0.39 is 12.0 Å². The third-order valence-corrected chi connectivity index (χ3v) is 5.56. The first-order chi connectivity index (χ1) is 14.5. The molecule has 1 aliphatic heterocycles. The minimum Gasteiger partial charge on any atom is -0.477 e. The van der Waals surface area contributed by atoms with E-state index in [9.17, 15) is 14.7 Å². The lowest BCUT2D eigenvalue weighted by molar-refractivity contribution is 0.0703. The Morgan fingerprint density at radius 2 is 2.03 bits per heavy atom. The molecule has 0 saturated heterocycles. The molecule has 5 rings (SSSR count). The summed E-state index contributed by atoms with van der Waals surface area (Å²) in [7, 11) is 0. The van der Waals surface area contributed by atoms with E-state index in [1.54, 1.807) is 43.5 Å². The summed E-state index contributed by atoms with van der Waals surface area (Å²) in [6, 6.07) is 7.86. The summed E-state index contributed by atoms with van der Waals surface area (Å²) in [5.74, 6) is -0.512. The van der Waals surface area contributed by atoms with Crippen molar-refractivity contribution in [3.8, 4) is 11.8 Å². The molecule has 2 amide bonds. The summed E-state index contributed by atoms with van der Waals surface area (Å²) in [5.41, 5.74) is 1.86. The highest BCUT2D eigenvalue weighted by atomic mass is 32.1. The number of ether oxygens (including phenoxy) is 1. The predicted molar refractivity (Wildman–Crippen MR) is 109 cm³/mol. The van der Waals surface area contributed by atoms with Gasteiger partial charge in [-0.25, -0.2) is 19.6 Å². The summed E-state index contributed by atoms with van der Waals surface area (Å²) in [6.45, 7) is 1.75. The monoisotopic (exact) mass is 420 g/mol. The number of hydrogen-bond donors (Lipinski definition) is 2. The van der Waals surface area contributed by atoms with Gasteiger partial charge in [0.05, 0.1) is 28.1 Å². The third kappa shape index (κ3) is 2.79. The number of hydrogen-bond acceptors (Lipinski definition) is 8. The number of aromatic carboxylic acids is 1. The number of pyridine rings is 2. The van der Waals surface area contributed by atoms with E-state index in [0.29, 0.717) is 39.0 Å². The van der Waals surface area contributed by atoms with Crippen LogP contribution in [-0.4, -0.2) is 37.3 Å². The zero-order chi connectivity index (χ0) is 20.8. The molecule has 0 atom stereocenters. The van der Waals surface area contributed by atoms with Crippen LogP contribution in [0.4, 0.5) is 21.9 Å². The molecule has 0 radical (unpaired) electrons. The molecular formula is C19H12N6O4S. The van der Waals surface area contributed by atoms with Gasteiger partial charge in [0.25, 0.3) is 0 Å². The fourth-order valence-corrected chi connectivity index (χ4v) is 4.21. The van der Waals surface area contributed by atoms with Gasteiger partial charge in [0, 0.05) is 24.5 Å². The molecule has 148 valence electrons. The second-order valence-corrected chi connectivity index (χ2v) is 7.30. The fourth-order valence-electron chi connectivity index (χ4n) is 3.25. The molecule has 0 aliphatic carbocycles. The second kappa shape index (κ2) is 6.74. The summed E-state index contributed by atoms with van der Waals surface area (Å²) in [4.78, 5) is 35.2. The molecule has 5 heterocycles. The van der Waals surface area contributed by atoms with Crippen molar-refractivity contribution in [1.82, 2.24) is 20.2 Å². The highest BCUT2D eigenvalue weighted by Crippen LogP contribution is 2.46. The quantitative estimate of drug-likeness (QED) is 0.507. The molecule has 0 spiro atoms. The fraction of sp³-hybridized carbons (Fsp3) is 0.0526. The molecule has 0 saturated carbocycles. The van der Waals surface area contributed by atoms with E-state index in [2.05, 4.69) is 25.5 Å². The number of nitrogens with zero attached hydrogens (tertiary/aromatic N) is 5. The van der Waals surface area contributed by atoms with Crippen LogP contribution in [0.3, 0.4) is 0 Å². The maximum atomic E-state index is 12.9. The Labute approximate surface area is 172 Å². The third-order valence-electron chi connectivity index (χ3n) is 4.47. The van der Waals surface area contributed by atoms with Crippen LogP contribution < -0.4 is 15.0 Å².